The van der Waals surface area contributed by atoms with E-state index in [1.54, 1.807) is 13.2 Å². The average Bonchev–Trinajstić information content (AvgIpc) is 2.91. The number of fused-ring (bicyclic) bond motifs is 3. The molecule has 5 nitrogen and oxygen atoms in total. The van der Waals surface area contributed by atoms with E-state index in [1.165, 1.54) is 0 Å². The monoisotopic (exact) mass is 312 g/mol. The number of rotatable bonds is 5. The minimum Gasteiger partial charge on any atom is -0.495 e. The van der Waals surface area contributed by atoms with Crippen LogP contribution in [0.25, 0.3) is 21.9 Å². The summed E-state index contributed by atoms with van der Waals surface area (Å²) in [4.78, 5) is 12.0. The quantitative estimate of drug-likeness (QED) is 0.681. The molecule has 1 heterocycles. The van der Waals surface area contributed by atoms with Crippen LogP contribution in [-0.4, -0.2) is 19.7 Å². The van der Waals surface area contributed by atoms with Gasteiger partial charge in [-0.25, -0.2) is 4.79 Å². The summed E-state index contributed by atoms with van der Waals surface area (Å²) >= 11 is 0. The van der Waals surface area contributed by atoms with Crippen molar-refractivity contribution in [1.82, 2.24) is 5.32 Å². The van der Waals surface area contributed by atoms with E-state index in [-0.39, 0.29) is 6.03 Å². The number of anilines is 1. The second-order valence-corrected chi connectivity index (χ2v) is 5.38. The van der Waals surface area contributed by atoms with Gasteiger partial charge in [0.25, 0.3) is 0 Å². The molecule has 0 saturated heterocycles. The maximum Gasteiger partial charge on any atom is 0.319 e. The molecule has 0 fully saturated rings. The Kier molecular flexibility index (Phi) is 4.37. The fourth-order valence-corrected chi connectivity index (χ4v) is 2.56. The molecule has 0 aliphatic rings. The van der Waals surface area contributed by atoms with Crippen LogP contribution in [-0.2, 0) is 0 Å². The number of para-hydroxylation sites is 1. The van der Waals surface area contributed by atoms with Crippen molar-refractivity contribution in [2.75, 3.05) is 19.0 Å². The number of methoxy groups -OCH3 is 1. The SMILES string of the molecule is CCCCNC(=O)Nc1cc2oc3ccccc3c2cc1OC. The van der Waals surface area contributed by atoms with Gasteiger partial charge in [0.05, 0.1) is 12.8 Å². The van der Waals surface area contributed by atoms with Crippen LogP contribution in [0.2, 0.25) is 0 Å². The summed E-state index contributed by atoms with van der Waals surface area (Å²) in [6.07, 6.45) is 1.99. The van der Waals surface area contributed by atoms with Crippen LogP contribution in [0, 0.1) is 0 Å². The van der Waals surface area contributed by atoms with Crippen molar-refractivity contribution < 1.29 is 13.9 Å². The number of furan rings is 1. The van der Waals surface area contributed by atoms with Crippen LogP contribution >= 0.6 is 0 Å². The van der Waals surface area contributed by atoms with Gasteiger partial charge in [0.1, 0.15) is 16.9 Å². The highest BCUT2D eigenvalue weighted by molar-refractivity contribution is 6.07. The van der Waals surface area contributed by atoms with Gasteiger partial charge in [0, 0.05) is 23.4 Å². The molecule has 5 heteroatoms. The molecular formula is C18H20N2O3. The van der Waals surface area contributed by atoms with Crippen LogP contribution < -0.4 is 15.4 Å². The summed E-state index contributed by atoms with van der Waals surface area (Å²) in [6, 6.07) is 11.3. The first kappa shape index (κ1) is 15.2. The highest BCUT2D eigenvalue weighted by Crippen LogP contribution is 2.36. The molecule has 0 bridgehead atoms. The normalized spacial score (nSPS) is 10.9. The van der Waals surface area contributed by atoms with Crippen molar-refractivity contribution in [1.29, 1.82) is 0 Å². The molecular weight excluding hydrogens is 292 g/mol. The zero-order valence-electron chi connectivity index (χ0n) is 13.3. The molecule has 0 unspecified atom stereocenters. The van der Waals surface area contributed by atoms with Crippen molar-refractivity contribution >= 4 is 33.7 Å². The van der Waals surface area contributed by atoms with Gasteiger partial charge in [0.15, 0.2) is 0 Å². The largest absolute Gasteiger partial charge is 0.495 e. The summed E-state index contributed by atoms with van der Waals surface area (Å²) in [5.41, 5.74) is 2.12. The molecule has 120 valence electrons. The Morgan fingerprint density at radius 2 is 2.00 bits per heavy atom. The topological polar surface area (TPSA) is 63.5 Å². The average molecular weight is 312 g/mol. The van der Waals surface area contributed by atoms with Gasteiger partial charge in [-0.3, -0.25) is 0 Å². The van der Waals surface area contributed by atoms with E-state index in [4.69, 9.17) is 9.15 Å². The van der Waals surface area contributed by atoms with Crippen molar-refractivity contribution in [3.05, 3.63) is 36.4 Å². The number of benzene rings is 2. The maximum atomic E-state index is 12.0. The molecule has 0 aliphatic heterocycles. The predicted molar refractivity (Wildman–Crippen MR) is 92.2 cm³/mol. The lowest BCUT2D eigenvalue weighted by Gasteiger charge is -2.11. The molecule has 23 heavy (non-hydrogen) atoms. The Labute approximate surface area is 134 Å². The predicted octanol–water partition coefficient (Wildman–Crippen LogP) is 4.52. The van der Waals surface area contributed by atoms with Crippen LogP contribution in [0.4, 0.5) is 10.5 Å². The van der Waals surface area contributed by atoms with Gasteiger partial charge < -0.3 is 19.8 Å². The summed E-state index contributed by atoms with van der Waals surface area (Å²) in [5, 5.41) is 7.64. The lowest BCUT2D eigenvalue weighted by Crippen LogP contribution is -2.29. The standard InChI is InChI=1S/C18H20N2O3/c1-3-4-9-19-18(21)20-14-11-16-13(10-17(14)22-2)12-7-5-6-8-15(12)23-16/h5-8,10-11H,3-4,9H2,1-2H3,(H2,19,20,21). The summed E-state index contributed by atoms with van der Waals surface area (Å²) in [6.45, 7) is 2.73. The Hall–Kier alpha value is -2.69. The van der Waals surface area contributed by atoms with Crippen LogP contribution in [0.5, 0.6) is 5.75 Å². The van der Waals surface area contributed by atoms with Crippen LogP contribution in [0.15, 0.2) is 40.8 Å². The number of unbranched alkanes of at least 4 members (excludes halogenated alkanes) is 1. The molecule has 0 aliphatic carbocycles. The van der Waals surface area contributed by atoms with E-state index in [1.807, 2.05) is 30.3 Å². The molecule has 0 radical (unpaired) electrons. The molecule has 0 spiro atoms. The molecule has 2 amide bonds. The number of carbonyl (C=O) groups excluding carboxylic acids is 1. The molecule has 3 aromatic rings. The van der Waals surface area contributed by atoms with Gasteiger partial charge in [-0.2, -0.15) is 0 Å². The van der Waals surface area contributed by atoms with Gasteiger partial charge in [0.2, 0.25) is 0 Å². The molecule has 1 aromatic heterocycles. The van der Waals surface area contributed by atoms with E-state index in [0.717, 1.165) is 34.8 Å². The van der Waals surface area contributed by atoms with E-state index in [2.05, 4.69) is 17.6 Å². The lowest BCUT2D eigenvalue weighted by molar-refractivity contribution is 0.252. The van der Waals surface area contributed by atoms with Gasteiger partial charge in [-0.05, 0) is 18.6 Å². The fourth-order valence-electron chi connectivity index (χ4n) is 2.56. The van der Waals surface area contributed by atoms with Crippen molar-refractivity contribution in [3.8, 4) is 5.75 Å². The van der Waals surface area contributed by atoms with Gasteiger partial charge in [-0.15, -0.1) is 0 Å². The Bertz CT molecular complexity index is 839. The second-order valence-electron chi connectivity index (χ2n) is 5.38. The molecule has 2 N–H and O–H groups in total. The molecule has 0 atom stereocenters. The summed E-state index contributed by atoms with van der Waals surface area (Å²) in [5.74, 6) is 0.606. The highest BCUT2D eigenvalue weighted by atomic mass is 16.5. The summed E-state index contributed by atoms with van der Waals surface area (Å²) in [7, 11) is 1.59. The van der Waals surface area contributed by atoms with E-state index in [0.29, 0.717) is 18.0 Å². The number of urea groups is 1. The zero-order valence-corrected chi connectivity index (χ0v) is 13.3. The Balaban J connectivity index is 1.93. The Morgan fingerprint density at radius 3 is 2.78 bits per heavy atom. The second kappa shape index (κ2) is 6.60. The van der Waals surface area contributed by atoms with Gasteiger partial charge in [-0.1, -0.05) is 31.5 Å². The molecule has 2 aromatic carbocycles. The first-order chi connectivity index (χ1) is 11.2. The number of hydrogen-bond acceptors (Lipinski definition) is 3. The molecule has 3 rings (SSSR count). The van der Waals surface area contributed by atoms with E-state index in [9.17, 15) is 4.79 Å². The Morgan fingerprint density at radius 1 is 1.17 bits per heavy atom. The lowest BCUT2D eigenvalue weighted by atomic mass is 10.1. The van der Waals surface area contributed by atoms with Gasteiger partial charge >= 0.3 is 6.03 Å². The van der Waals surface area contributed by atoms with Crippen molar-refractivity contribution in [2.45, 2.75) is 19.8 Å². The third-order valence-electron chi connectivity index (χ3n) is 3.76. The van der Waals surface area contributed by atoms with E-state index < -0.39 is 0 Å². The number of hydrogen-bond donors (Lipinski definition) is 2. The van der Waals surface area contributed by atoms with Crippen LogP contribution in [0.3, 0.4) is 0 Å². The number of carbonyl (C=O) groups is 1. The first-order valence-corrected chi connectivity index (χ1v) is 7.77. The third-order valence-corrected chi connectivity index (χ3v) is 3.76. The van der Waals surface area contributed by atoms with Crippen molar-refractivity contribution in [2.24, 2.45) is 0 Å². The minimum atomic E-state index is -0.243. The number of nitrogens with one attached hydrogen (secondary N) is 2. The third kappa shape index (κ3) is 3.08. The number of ether oxygens (including phenoxy) is 1. The highest BCUT2D eigenvalue weighted by Gasteiger charge is 2.13. The zero-order chi connectivity index (χ0) is 16.2. The van der Waals surface area contributed by atoms with Crippen molar-refractivity contribution in [3.63, 3.8) is 0 Å². The van der Waals surface area contributed by atoms with E-state index >= 15 is 0 Å². The summed E-state index contributed by atoms with van der Waals surface area (Å²) < 4.78 is 11.3. The first-order valence-electron chi connectivity index (χ1n) is 7.77. The maximum absolute atomic E-state index is 12.0. The fraction of sp³-hybridized carbons (Fsp3) is 0.278. The smallest absolute Gasteiger partial charge is 0.319 e. The van der Waals surface area contributed by atoms with Crippen LogP contribution in [0.1, 0.15) is 19.8 Å². The number of amides is 2. The minimum absolute atomic E-state index is 0.243. The molecule has 0 saturated carbocycles.